The number of nitrogens with one attached hydrogen (secondary N) is 2. The second-order valence-corrected chi connectivity index (χ2v) is 6.21. The molecule has 0 spiro atoms. The van der Waals surface area contributed by atoms with Crippen LogP contribution in [-0.2, 0) is 19.5 Å². The van der Waals surface area contributed by atoms with Crippen LogP contribution in [0.25, 0.3) is 0 Å². The maximum Gasteiger partial charge on any atom is 0.191 e. The lowest BCUT2D eigenvalue weighted by molar-refractivity contribution is 0.392. The van der Waals surface area contributed by atoms with E-state index in [1.807, 2.05) is 16.8 Å². The Hall–Kier alpha value is -1.89. The predicted octanol–water partition coefficient (Wildman–Crippen LogP) is 1.72. The Labute approximate surface area is 138 Å². The van der Waals surface area contributed by atoms with Gasteiger partial charge in [-0.25, -0.2) is 9.67 Å². The quantitative estimate of drug-likeness (QED) is 0.644. The van der Waals surface area contributed by atoms with E-state index < -0.39 is 0 Å². The van der Waals surface area contributed by atoms with Crippen LogP contribution in [0.1, 0.15) is 17.8 Å². The minimum absolute atomic E-state index is 0.324. The Morgan fingerprint density at radius 3 is 3.00 bits per heavy atom. The molecular formula is C15H19BrN6. The van der Waals surface area contributed by atoms with Crippen molar-refractivity contribution >= 4 is 21.9 Å². The smallest absolute Gasteiger partial charge is 0.191 e. The third-order valence-electron chi connectivity index (χ3n) is 3.74. The summed E-state index contributed by atoms with van der Waals surface area (Å²) in [5.74, 6) is 1.88. The summed E-state index contributed by atoms with van der Waals surface area (Å²) < 4.78 is 3.05. The van der Waals surface area contributed by atoms with Crippen LogP contribution in [0.5, 0.6) is 0 Å². The van der Waals surface area contributed by atoms with Gasteiger partial charge in [-0.15, -0.1) is 0 Å². The number of aliphatic imine (C=N–C) groups is 1. The standard InChI is InChI=1S/C15H19BrN6/c1-17-15(18-8-11-2-4-12(16)5-3-11)21-13-6-7-14-19-10-20-22(14)9-13/h2-5,10,13H,6-9H2,1H3,(H2,17,18,21). The molecule has 116 valence electrons. The number of halogens is 1. The average molecular weight is 363 g/mol. The zero-order valence-corrected chi connectivity index (χ0v) is 14.0. The molecule has 0 aliphatic carbocycles. The molecule has 0 amide bonds. The molecule has 0 saturated heterocycles. The van der Waals surface area contributed by atoms with Crippen LogP contribution in [0.15, 0.2) is 40.1 Å². The van der Waals surface area contributed by atoms with Crippen LogP contribution in [0.3, 0.4) is 0 Å². The van der Waals surface area contributed by atoms with Gasteiger partial charge in [0.25, 0.3) is 0 Å². The summed E-state index contributed by atoms with van der Waals surface area (Å²) in [6.07, 6.45) is 3.61. The molecule has 0 fully saturated rings. The number of rotatable bonds is 3. The minimum Gasteiger partial charge on any atom is -0.352 e. The maximum atomic E-state index is 4.30. The maximum absolute atomic E-state index is 4.30. The van der Waals surface area contributed by atoms with Crippen molar-refractivity contribution in [2.24, 2.45) is 4.99 Å². The van der Waals surface area contributed by atoms with E-state index in [9.17, 15) is 0 Å². The molecule has 2 heterocycles. The lowest BCUT2D eigenvalue weighted by atomic mass is 10.1. The van der Waals surface area contributed by atoms with E-state index in [2.05, 4.69) is 53.8 Å². The number of aryl methyl sites for hydroxylation is 1. The van der Waals surface area contributed by atoms with Crippen molar-refractivity contribution in [2.75, 3.05) is 7.05 Å². The molecule has 0 saturated carbocycles. The van der Waals surface area contributed by atoms with Gasteiger partial charge in [-0.1, -0.05) is 28.1 Å². The average Bonchev–Trinajstić information content (AvgIpc) is 3.00. The van der Waals surface area contributed by atoms with Gasteiger partial charge >= 0.3 is 0 Å². The summed E-state index contributed by atoms with van der Waals surface area (Å²) in [6, 6.07) is 8.59. The topological polar surface area (TPSA) is 67.1 Å². The van der Waals surface area contributed by atoms with Gasteiger partial charge in [-0.05, 0) is 24.1 Å². The molecule has 3 rings (SSSR count). The molecule has 22 heavy (non-hydrogen) atoms. The van der Waals surface area contributed by atoms with Crippen molar-refractivity contribution in [2.45, 2.75) is 32.0 Å². The molecule has 1 aromatic carbocycles. The van der Waals surface area contributed by atoms with E-state index in [0.717, 1.165) is 42.2 Å². The number of nitrogens with zero attached hydrogens (tertiary/aromatic N) is 4. The Balaban J connectivity index is 1.53. The molecule has 1 atom stereocenters. The van der Waals surface area contributed by atoms with Gasteiger partial charge in [-0.2, -0.15) is 5.10 Å². The van der Waals surface area contributed by atoms with E-state index in [0.29, 0.717) is 6.04 Å². The van der Waals surface area contributed by atoms with Crippen LogP contribution in [0.4, 0.5) is 0 Å². The Kier molecular flexibility index (Phi) is 4.72. The lowest BCUT2D eigenvalue weighted by Crippen LogP contribution is -2.46. The zero-order chi connectivity index (χ0) is 15.4. The van der Waals surface area contributed by atoms with Gasteiger partial charge in [-0.3, -0.25) is 4.99 Å². The highest BCUT2D eigenvalue weighted by Gasteiger charge is 2.20. The summed E-state index contributed by atoms with van der Waals surface area (Å²) in [6.45, 7) is 1.57. The monoisotopic (exact) mass is 362 g/mol. The molecule has 1 aromatic heterocycles. The summed E-state index contributed by atoms with van der Waals surface area (Å²) in [4.78, 5) is 8.55. The Bertz CT molecular complexity index is 648. The number of hydrogen-bond donors (Lipinski definition) is 2. The fourth-order valence-corrected chi connectivity index (χ4v) is 2.80. The highest BCUT2D eigenvalue weighted by Crippen LogP contribution is 2.12. The van der Waals surface area contributed by atoms with Crippen LogP contribution in [0, 0.1) is 0 Å². The SMILES string of the molecule is CN=C(NCc1ccc(Br)cc1)NC1CCc2ncnn2C1. The van der Waals surface area contributed by atoms with Crippen molar-refractivity contribution < 1.29 is 0 Å². The van der Waals surface area contributed by atoms with Gasteiger partial charge in [0, 0.05) is 30.5 Å². The number of hydrogen-bond acceptors (Lipinski definition) is 3. The first-order chi connectivity index (χ1) is 10.7. The number of aromatic nitrogens is 3. The molecule has 2 N–H and O–H groups in total. The van der Waals surface area contributed by atoms with E-state index in [1.54, 1.807) is 13.4 Å². The fraction of sp³-hybridized carbons (Fsp3) is 0.400. The summed E-state index contributed by atoms with van der Waals surface area (Å²) in [5.41, 5.74) is 1.22. The second kappa shape index (κ2) is 6.91. The Morgan fingerprint density at radius 2 is 2.23 bits per heavy atom. The molecule has 0 radical (unpaired) electrons. The van der Waals surface area contributed by atoms with Crippen LogP contribution >= 0.6 is 15.9 Å². The Morgan fingerprint density at radius 1 is 1.41 bits per heavy atom. The van der Waals surface area contributed by atoms with E-state index in [1.165, 1.54) is 5.56 Å². The highest BCUT2D eigenvalue weighted by molar-refractivity contribution is 9.10. The number of benzene rings is 1. The molecule has 1 aliphatic heterocycles. The predicted molar refractivity (Wildman–Crippen MR) is 89.6 cm³/mol. The van der Waals surface area contributed by atoms with Crippen molar-refractivity contribution in [3.05, 3.63) is 46.5 Å². The van der Waals surface area contributed by atoms with E-state index in [-0.39, 0.29) is 0 Å². The van der Waals surface area contributed by atoms with Crippen molar-refractivity contribution in [1.29, 1.82) is 0 Å². The van der Waals surface area contributed by atoms with Gasteiger partial charge < -0.3 is 10.6 Å². The van der Waals surface area contributed by atoms with Crippen molar-refractivity contribution in [3.63, 3.8) is 0 Å². The minimum atomic E-state index is 0.324. The first-order valence-corrected chi connectivity index (χ1v) is 8.12. The van der Waals surface area contributed by atoms with Crippen molar-refractivity contribution in [3.8, 4) is 0 Å². The van der Waals surface area contributed by atoms with Crippen LogP contribution in [0.2, 0.25) is 0 Å². The second-order valence-electron chi connectivity index (χ2n) is 5.29. The first-order valence-electron chi connectivity index (χ1n) is 7.33. The zero-order valence-electron chi connectivity index (χ0n) is 12.5. The van der Waals surface area contributed by atoms with Gasteiger partial charge in [0.1, 0.15) is 12.2 Å². The molecule has 7 heteroatoms. The van der Waals surface area contributed by atoms with Crippen LogP contribution in [-0.4, -0.2) is 33.8 Å². The summed E-state index contributed by atoms with van der Waals surface area (Å²) >= 11 is 3.45. The fourth-order valence-electron chi connectivity index (χ4n) is 2.53. The lowest BCUT2D eigenvalue weighted by Gasteiger charge is -2.25. The van der Waals surface area contributed by atoms with Gasteiger partial charge in [0.05, 0.1) is 6.54 Å². The normalized spacial score (nSPS) is 17.9. The van der Waals surface area contributed by atoms with Crippen LogP contribution < -0.4 is 10.6 Å². The molecular weight excluding hydrogens is 344 g/mol. The molecule has 0 bridgehead atoms. The first kappa shape index (κ1) is 15.0. The largest absolute Gasteiger partial charge is 0.352 e. The van der Waals surface area contributed by atoms with E-state index in [4.69, 9.17) is 0 Å². The number of guanidine groups is 1. The highest BCUT2D eigenvalue weighted by atomic mass is 79.9. The number of fused-ring (bicyclic) bond motifs is 1. The van der Waals surface area contributed by atoms with Gasteiger partial charge in [0.15, 0.2) is 5.96 Å². The molecule has 1 unspecified atom stereocenters. The third kappa shape index (κ3) is 3.65. The third-order valence-corrected chi connectivity index (χ3v) is 4.27. The molecule has 1 aliphatic rings. The van der Waals surface area contributed by atoms with Crippen molar-refractivity contribution in [1.82, 2.24) is 25.4 Å². The van der Waals surface area contributed by atoms with Gasteiger partial charge in [0.2, 0.25) is 0 Å². The summed E-state index contributed by atoms with van der Waals surface area (Å²) in [5, 5.41) is 11.1. The molecule has 6 nitrogen and oxygen atoms in total. The van der Waals surface area contributed by atoms with E-state index >= 15 is 0 Å². The molecule has 2 aromatic rings. The summed E-state index contributed by atoms with van der Waals surface area (Å²) in [7, 11) is 1.79.